The Bertz CT molecular complexity index is 460. The summed E-state index contributed by atoms with van der Waals surface area (Å²) in [7, 11) is 0. The summed E-state index contributed by atoms with van der Waals surface area (Å²) in [5, 5.41) is 0.0653. The van der Waals surface area contributed by atoms with Gasteiger partial charge in [0, 0.05) is 4.90 Å². The number of ether oxygens (including phenoxy) is 1. The molecule has 2 atom stereocenters. The summed E-state index contributed by atoms with van der Waals surface area (Å²) in [6.07, 6.45) is 0.944. The molecule has 2 aliphatic heterocycles. The van der Waals surface area contributed by atoms with Gasteiger partial charge in [-0.1, -0.05) is 18.2 Å². The Morgan fingerprint density at radius 3 is 2.78 bits per heavy atom. The topological polar surface area (TPSA) is 29.5 Å². The van der Waals surface area contributed by atoms with E-state index in [1.165, 1.54) is 4.90 Å². The molecule has 4 heteroatoms. The van der Waals surface area contributed by atoms with E-state index in [1.54, 1.807) is 11.8 Å². The molecule has 0 aliphatic carbocycles. The van der Waals surface area contributed by atoms with Gasteiger partial charge in [0.1, 0.15) is 11.0 Å². The minimum atomic E-state index is -0.437. The SMILES string of the molecule is CC1(C)OCC[C@@H]2[C@H](Sc3ccccc3)C(=O)N21. The van der Waals surface area contributed by atoms with Crippen molar-refractivity contribution in [2.45, 2.75) is 42.2 Å². The third-order valence-corrected chi connectivity index (χ3v) is 4.93. The van der Waals surface area contributed by atoms with Crippen molar-refractivity contribution in [3.05, 3.63) is 30.3 Å². The van der Waals surface area contributed by atoms with Crippen LogP contribution < -0.4 is 0 Å². The van der Waals surface area contributed by atoms with Gasteiger partial charge in [-0.2, -0.15) is 0 Å². The lowest BCUT2D eigenvalue weighted by molar-refractivity contribution is -0.216. The second kappa shape index (κ2) is 4.28. The van der Waals surface area contributed by atoms with Crippen molar-refractivity contribution >= 4 is 17.7 Å². The molecule has 18 heavy (non-hydrogen) atoms. The van der Waals surface area contributed by atoms with Crippen LogP contribution in [0.1, 0.15) is 20.3 Å². The average molecular weight is 263 g/mol. The molecule has 2 saturated heterocycles. The van der Waals surface area contributed by atoms with Crippen molar-refractivity contribution < 1.29 is 9.53 Å². The number of amides is 1. The minimum absolute atomic E-state index is 0.0653. The summed E-state index contributed by atoms with van der Waals surface area (Å²) >= 11 is 1.68. The van der Waals surface area contributed by atoms with E-state index >= 15 is 0 Å². The van der Waals surface area contributed by atoms with E-state index in [-0.39, 0.29) is 11.2 Å². The molecule has 0 unspecified atom stereocenters. The van der Waals surface area contributed by atoms with Gasteiger partial charge in [0.2, 0.25) is 5.91 Å². The van der Waals surface area contributed by atoms with Crippen molar-refractivity contribution in [1.82, 2.24) is 4.90 Å². The highest BCUT2D eigenvalue weighted by atomic mass is 32.2. The van der Waals surface area contributed by atoms with E-state index in [2.05, 4.69) is 12.1 Å². The first-order chi connectivity index (χ1) is 8.59. The first-order valence-electron chi connectivity index (χ1n) is 6.28. The molecule has 1 aromatic carbocycles. The zero-order valence-corrected chi connectivity index (χ0v) is 11.4. The molecule has 0 aromatic heterocycles. The van der Waals surface area contributed by atoms with Gasteiger partial charge < -0.3 is 9.64 Å². The zero-order chi connectivity index (χ0) is 12.8. The maximum Gasteiger partial charge on any atom is 0.240 e. The normalized spacial score (nSPS) is 29.7. The number of thioether (sulfide) groups is 1. The van der Waals surface area contributed by atoms with Crippen molar-refractivity contribution in [1.29, 1.82) is 0 Å². The van der Waals surface area contributed by atoms with Gasteiger partial charge in [0.05, 0.1) is 12.6 Å². The first kappa shape index (κ1) is 12.1. The van der Waals surface area contributed by atoms with E-state index < -0.39 is 5.72 Å². The predicted molar refractivity (Wildman–Crippen MR) is 71.4 cm³/mol. The lowest BCUT2D eigenvalue weighted by atomic mass is 9.92. The smallest absolute Gasteiger partial charge is 0.240 e. The van der Waals surface area contributed by atoms with Gasteiger partial charge in [0.25, 0.3) is 0 Å². The maximum absolute atomic E-state index is 12.2. The largest absolute Gasteiger partial charge is 0.356 e. The van der Waals surface area contributed by atoms with Crippen molar-refractivity contribution in [2.24, 2.45) is 0 Å². The van der Waals surface area contributed by atoms with Crippen molar-refractivity contribution in [2.75, 3.05) is 6.61 Å². The van der Waals surface area contributed by atoms with Crippen LogP contribution in [-0.2, 0) is 9.53 Å². The van der Waals surface area contributed by atoms with Crippen LogP contribution in [0.2, 0.25) is 0 Å². The molecular weight excluding hydrogens is 246 g/mol. The molecule has 0 saturated carbocycles. The molecule has 0 radical (unpaired) electrons. The van der Waals surface area contributed by atoms with Crippen LogP contribution in [-0.4, -0.2) is 34.4 Å². The first-order valence-corrected chi connectivity index (χ1v) is 7.16. The quantitative estimate of drug-likeness (QED) is 0.768. The third-order valence-electron chi connectivity index (χ3n) is 3.62. The number of carbonyl (C=O) groups excluding carboxylic acids is 1. The summed E-state index contributed by atoms with van der Waals surface area (Å²) in [4.78, 5) is 15.3. The summed E-state index contributed by atoms with van der Waals surface area (Å²) < 4.78 is 5.66. The molecule has 3 rings (SSSR count). The van der Waals surface area contributed by atoms with Crippen LogP contribution in [0.3, 0.4) is 0 Å². The highest BCUT2D eigenvalue weighted by molar-refractivity contribution is 8.00. The number of carbonyl (C=O) groups is 1. The molecular formula is C14H17NO2S. The van der Waals surface area contributed by atoms with E-state index in [4.69, 9.17) is 4.74 Å². The Balaban J connectivity index is 1.75. The Hall–Kier alpha value is -1.00. The maximum atomic E-state index is 12.2. The molecule has 0 bridgehead atoms. The molecule has 1 amide bonds. The van der Waals surface area contributed by atoms with E-state index in [0.717, 1.165) is 13.0 Å². The molecule has 2 heterocycles. The number of fused-ring (bicyclic) bond motifs is 1. The van der Waals surface area contributed by atoms with Crippen LogP contribution in [0.15, 0.2) is 35.2 Å². The molecule has 1 aromatic rings. The second-order valence-corrected chi connectivity index (χ2v) is 6.43. The highest BCUT2D eigenvalue weighted by Crippen LogP contribution is 2.43. The van der Waals surface area contributed by atoms with Crippen LogP contribution in [0.25, 0.3) is 0 Å². The number of hydrogen-bond donors (Lipinski definition) is 0. The molecule has 3 nitrogen and oxygen atoms in total. The Kier molecular flexibility index (Phi) is 2.87. The number of nitrogens with zero attached hydrogens (tertiary/aromatic N) is 1. The standard InChI is InChI=1S/C14H17NO2S/c1-14(2)15-11(8-9-17-14)12(13(15)16)18-10-6-4-3-5-7-10/h3-7,11-12H,8-9H2,1-2H3/t11-,12+/m1/s1. The lowest BCUT2D eigenvalue weighted by Gasteiger charge is -2.57. The van der Waals surface area contributed by atoms with Crippen molar-refractivity contribution in [3.8, 4) is 0 Å². The Labute approximate surface area is 111 Å². The zero-order valence-electron chi connectivity index (χ0n) is 10.6. The van der Waals surface area contributed by atoms with Crippen LogP contribution in [0.4, 0.5) is 0 Å². The molecule has 2 fully saturated rings. The summed E-state index contributed by atoms with van der Waals surface area (Å²) in [6.45, 7) is 4.69. The van der Waals surface area contributed by atoms with Crippen LogP contribution in [0, 0.1) is 0 Å². The van der Waals surface area contributed by atoms with Gasteiger partial charge in [0.15, 0.2) is 0 Å². The average Bonchev–Trinajstić information content (AvgIpc) is 2.35. The van der Waals surface area contributed by atoms with Gasteiger partial charge in [-0.05, 0) is 32.4 Å². The fourth-order valence-electron chi connectivity index (χ4n) is 2.74. The van der Waals surface area contributed by atoms with Crippen LogP contribution in [0.5, 0.6) is 0 Å². The van der Waals surface area contributed by atoms with Gasteiger partial charge in [-0.3, -0.25) is 4.79 Å². The lowest BCUT2D eigenvalue weighted by Crippen LogP contribution is -2.72. The summed E-state index contributed by atoms with van der Waals surface area (Å²) in [6, 6.07) is 10.5. The van der Waals surface area contributed by atoms with E-state index in [1.807, 2.05) is 36.9 Å². The molecule has 2 aliphatic rings. The third kappa shape index (κ3) is 1.84. The molecule has 0 spiro atoms. The number of rotatable bonds is 2. The number of benzene rings is 1. The van der Waals surface area contributed by atoms with Crippen molar-refractivity contribution in [3.63, 3.8) is 0 Å². The monoisotopic (exact) mass is 263 g/mol. The molecule has 96 valence electrons. The van der Waals surface area contributed by atoms with E-state index in [0.29, 0.717) is 6.04 Å². The number of β-lactam (4-membered cyclic amide) rings is 1. The Morgan fingerprint density at radius 1 is 1.33 bits per heavy atom. The fraction of sp³-hybridized carbons (Fsp3) is 0.500. The van der Waals surface area contributed by atoms with Gasteiger partial charge in [-0.15, -0.1) is 11.8 Å². The predicted octanol–water partition coefficient (Wildman–Crippen LogP) is 2.51. The minimum Gasteiger partial charge on any atom is -0.356 e. The summed E-state index contributed by atoms with van der Waals surface area (Å²) in [5.74, 6) is 0.207. The highest BCUT2D eigenvalue weighted by Gasteiger charge is 2.55. The van der Waals surface area contributed by atoms with Gasteiger partial charge in [-0.25, -0.2) is 0 Å². The van der Waals surface area contributed by atoms with Gasteiger partial charge >= 0.3 is 0 Å². The Morgan fingerprint density at radius 2 is 2.06 bits per heavy atom. The summed E-state index contributed by atoms with van der Waals surface area (Å²) in [5.41, 5.74) is -0.437. The van der Waals surface area contributed by atoms with E-state index in [9.17, 15) is 4.79 Å². The fourth-order valence-corrected chi connectivity index (χ4v) is 3.97. The second-order valence-electron chi connectivity index (χ2n) is 5.21. The number of hydrogen-bond acceptors (Lipinski definition) is 3. The van der Waals surface area contributed by atoms with Crippen LogP contribution >= 0.6 is 11.8 Å². The molecule has 0 N–H and O–H groups in total.